The highest BCUT2D eigenvalue weighted by Crippen LogP contribution is 1.95. The molecule has 0 amide bonds. The van der Waals surface area contributed by atoms with Crippen molar-refractivity contribution in [1.29, 1.82) is 0 Å². The van der Waals surface area contributed by atoms with E-state index in [2.05, 4.69) is 0 Å². The molecule has 0 bridgehead atoms. The molecule has 8 nitrogen and oxygen atoms in total. The largest absolute Gasteiger partial charge is 0.483 e. The first-order valence-corrected chi connectivity index (χ1v) is 6.42. The van der Waals surface area contributed by atoms with Gasteiger partial charge in [-0.3, -0.25) is 19.2 Å². The SMILES string of the molecule is C.CCC(=O)CC(C)=O.CCC(O)CC(C)=O.O=C=O.O=CO. The van der Waals surface area contributed by atoms with Crippen molar-refractivity contribution < 1.29 is 39.0 Å². The lowest BCUT2D eigenvalue weighted by Crippen LogP contribution is -2.08. The van der Waals surface area contributed by atoms with Crippen LogP contribution < -0.4 is 0 Å². The predicted octanol–water partition coefficient (Wildman–Crippen LogP) is 1.43. The van der Waals surface area contributed by atoms with Gasteiger partial charge in [0.2, 0.25) is 0 Å². The third kappa shape index (κ3) is 65.3. The zero-order valence-corrected chi connectivity index (χ0v) is 13.3. The van der Waals surface area contributed by atoms with E-state index in [1.807, 2.05) is 6.92 Å². The summed E-state index contributed by atoms with van der Waals surface area (Å²) in [5, 5.41) is 15.7. The van der Waals surface area contributed by atoms with Crippen LogP contribution in [-0.4, -0.2) is 46.3 Å². The summed E-state index contributed by atoms with van der Waals surface area (Å²) in [5.41, 5.74) is 0. The maximum absolute atomic E-state index is 10.4. The molecule has 0 aromatic heterocycles. The first-order valence-electron chi connectivity index (χ1n) is 6.42. The van der Waals surface area contributed by atoms with E-state index in [-0.39, 0.29) is 43.8 Å². The van der Waals surface area contributed by atoms with Gasteiger partial charge in [-0.15, -0.1) is 0 Å². The Morgan fingerprint density at radius 3 is 1.52 bits per heavy atom. The summed E-state index contributed by atoms with van der Waals surface area (Å²) in [5.74, 6) is 0.0358. The Labute approximate surface area is 136 Å². The Hall–Kier alpha value is -2.18. The highest BCUT2D eigenvalue weighted by atomic mass is 16.3. The smallest absolute Gasteiger partial charge is 0.373 e. The van der Waals surface area contributed by atoms with Crippen molar-refractivity contribution in [1.82, 2.24) is 0 Å². The van der Waals surface area contributed by atoms with Gasteiger partial charge in [0.05, 0.1) is 12.5 Å². The van der Waals surface area contributed by atoms with Crippen LogP contribution in [-0.2, 0) is 28.8 Å². The van der Waals surface area contributed by atoms with E-state index in [0.717, 1.165) is 0 Å². The summed E-state index contributed by atoms with van der Waals surface area (Å²) in [7, 11) is 0. The second kappa shape index (κ2) is 28.0. The molecule has 0 aromatic carbocycles. The number of carbonyl (C=O) groups is 4. The molecule has 0 aromatic rings. The van der Waals surface area contributed by atoms with Crippen LogP contribution in [0.15, 0.2) is 0 Å². The van der Waals surface area contributed by atoms with E-state index in [4.69, 9.17) is 24.6 Å². The lowest BCUT2D eigenvalue weighted by molar-refractivity contribution is -0.191. The zero-order valence-electron chi connectivity index (χ0n) is 13.3. The van der Waals surface area contributed by atoms with Gasteiger partial charge in [-0.25, -0.2) is 0 Å². The maximum atomic E-state index is 10.4. The summed E-state index contributed by atoms with van der Waals surface area (Å²) in [6.45, 7) is 6.27. The number of carboxylic acid groups (broad SMARTS) is 1. The molecule has 0 aliphatic rings. The summed E-state index contributed by atoms with van der Waals surface area (Å²) in [6.07, 6.45) is 1.37. The number of aliphatic hydroxyl groups is 1. The van der Waals surface area contributed by atoms with Crippen molar-refractivity contribution in [2.24, 2.45) is 0 Å². The van der Waals surface area contributed by atoms with Crippen LogP contribution in [0.5, 0.6) is 0 Å². The fourth-order valence-electron chi connectivity index (χ4n) is 0.879. The van der Waals surface area contributed by atoms with Crippen LogP contribution in [0, 0.1) is 0 Å². The van der Waals surface area contributed by atoms with Crippen molar-refractivity contribution in [2.45, 2.75) is 66.9 Å². The summed E-state index contributed by atoms with van der Waals surface area (Å²) in [6, 6.07) is 0. The molecule has 1 atom stereocenters. The Bertz CT molecular complexity index is 343. The topological polar surface area (TPSA) is 143 Å². The van der Waals surface area contributed by atoms with Gasteiger partial charge in [0.1, 0.15) is 17.3 Å². The predicted molar refractivity (Wildman–Crippen MR) is 82.6 cm³/mol. The normalized spacial score (nSPS) is 8.57. The third-order valence-electron chi connectivity index (χ3n) is 1.83. The monoisotopic (exact) mass is 336 g/mol. The molecule has 0 aliphatic heterocycles. The average Bonchev–Trinajstić information content (AvgIpc) is 2.39. The number of carbonyl (C=O) groups excluding carboxylic acids is 5. The van der Waals surface area contributed by atoms with Crippen molar-refractivity contribution >= 4 is 30.0 Å². The van der Waals surface area contributed by atoms with Gasteiger partial charge in [0.25, 0.3) is 6.47 Å². The molecule has 23 heavy (non-hydrogen) atoms. The number of hydrogen-bond donors (Lipinski definition) is 2. The van der Waals surface area contributed by atoms with Crippen LogP contribution in [0.3, 0.4) is 0 Å². The van der Waals surface area contributed by atoms with Crippen LogP contribution in [0.25, 0.3) is 0 Å². The zero-order chi connectivity index (χ0) is 18.6. The molecule has 0 saturated carbocycles. The summed E-state index contributed by atoms with van der Waals surface area (Å²) < 4.78 is 0. The molecule has 0 fully saturated rings. The molecule has 0 rings (SSSR count). The summed E-state index contributed by atoms with van der Waals surface area (Å²) >= 11 is 0. The van der Waals surface area contributed by atoms with Crippen molar-refractivity contribution in [3.05, 3.63) is 0 Å². The highest BCUT2D eigenvalue weighted by molar-refractivity contribution is 5.97. The molecule has 0 saturated heterocycles. The molecular formula is C15H28O8. The fourth-order valence-corrected chi connectivity index (χ4v) is 0.879. The van der Waals surface area contributed by atoms with Crippen LogP contribution in [0.1, 0.15) is 60.8 Å². The number of hydrogen-bond acceptors (Lipinski definition) is 7. The van der Waals surface area contributed by atoms with Gasteiger partial charge in [0.15, 0.2) is 0 Å². The second-order valence-corrected chi connectivity index (χ2v) is 3.93. The minimum absolute atomic E-state index is 0. The third-order valence-corrected chi connectivity index (χ3v) is 1.83. The quantitative estimate of drug-likeness (QED) is 0.547. The van der Waals surface area contributed by atoms with E-state index < -0.39 is 6.10 Å². The molecule has 0 aliphatic carbocycles. The van der Waals surface area contributed by atoms with Gasteiger partial charge >= 0.3 is 6.15 Å². The van der Waals surface area contributed by atoms with E-state index >= 15 is 0 Å². The van der Waals surface area contributed by atoms with Crippen LogP contribution in [0.2, 0.25) is 0 Å². The first-order chi connectivity index (χ1) is 10.2. The lowest BCUT2D eigenvalue weighted by atomic mass is 10.1. The Kier molecular flexibility index (Phi) is 39.9. The maximum Gasteiger partial charge on any atom is 0.373 e. The van der Waals surface area contributed by atoms with Crippen molar-refractivity contribution in [3.8, 4) is 0 Å². The highest BCUT2D eigenvalue weighted by Gasteiger charge is 2.02. The molecule has 0 heterocycles. The number of rotatable bonds is 6. The van der Waals surface area contributed by atoms with Crippen molar-refractivity contribution in [2.75, 3.05) is 0 Å². The Morgan fingerprint density at radius 2 is 1.43 bits per heavy atom. The first kappa shape index (κ1) is 32.7. The van der Waals surface area contributed by atoms with Gasteiger partial charge in [-0.1, -0.05) is 21.3 Å². The standard InChI is InChI=1S/C6H12O2.C6H10O2.CH2O2.CO2.CH4/c2*1-3-6(8)4-5(2)7;2*2-1-3;/h6,8H,3-4H2,1-2H3;3-4H2,1-2H3;1H,(H,2,3);;1H4. The summed E-state index contributed by atoms with van der Waals surface area (Å²) in [4.78, 5) is 55.5. The molecule has 0 radical (unpaired) electrons. The van der Waals surface area contributed by atoms with Gasteiger partial charge in [0, 0.05) is 12.8 Å². The molecule has 2 N–H and O–H groups in total. The van der Waals surface area contributed by atoms with E-state index in [0.29, 0.717) is 19.3 Å². The molecule has 136 valence electrons. The minimum Gasteiger partial charge on any atom is -0.483 e. The number of aliphatic hydroxyl groups excluding tert-OH is 1. The van der Waals surface area contributed by atoms with Crippen molar-refractivity contribution in [3.63, 3.8) is 0 Å². The van der Waals surface area contributed by atoms with E-state index in [9.17, 15) is 14.4 Å². The molecule has 8 heteroatoms. The lowest BCUT2D eigenvalue weighted by Gasteiger charge is -2.01. The average molecular weight is 336 g/mol. The molecule has 0 spiro atoms. The second-order valence-electron chi connectivity index (χ2n) is 3.93. The van der Waals surface area contributed by atoms with E-state index in [1.54, 1.807) is 6.92 Å². The Balaban J connectivity index is -0.0000000680. The minimum atomic E-state index is -0.424. The van der Waals surface area contributed by atoms with Crippen LogP contribution in [0.4, 0.5) is 0 Å². The molecule has 1 unspecified atom stereocenters. The van der Waals surface area contributed by atoms with Gasteiger partial charge in [-0.05, 0) is 20.3 Å². The number of ketones is 3. The fraction of sp³-hybridized carbons (Fsp3) is 0.667. The van der Waals surface area contributed by atoms with Gasteiger partial charge < -0.3 is 10.2 Å². The number of Topliss-reactive ketones (excluding diaryl/α,β-unsaturated/α-hetero) is 3. The Morgan fingerprint density at radius 1 is 1.09 bits per heavy atom. The van der Waals surface area contributed by atoms with Crippen LogP contribution >= 0.6 is 0 Å². The molecular weight excluding hydrogens is 308 g/mol. The van der Waals surface area contributed by atoms with Gasteiger partial charge in [-0.2, -0.15) is 9.59 Å². The van der Waals surface area contributed by atoms with E-state index in [1.165, 1.54) is 13.8 Å².